The van der Waals surface area contributed by atoms with Crippen molar-refractivity contribution in [2.24, 2.45) is 11.3 Å². The van der Waals surface area contributed by atoms with Crippen molar-refractivity contribution in [3.8, 4) is 0 Å². The van der Waals surface area contributed by atoms with Crippen LogP contribution in [0, 0.1) is 18.3 Å². The first-order valence-corrected chi connectivity index (χ1v) is 10.2. The average molecular weight is 380 g/mol. The number of nitrogens with zero attached hydrogens (tertiary/aromatic N) is 1. The molecule has 1 saturated heterocycles. The van der Waals surface area contributed by atoms with Crippen LogP contribution in [0.5, 0.6) is 0 Å². The topological polar surface area (TPSA) is 62.6 Å². The predicted molar refractivity (Wildman–Crippen MR) is 107 cm³/mol. The van der Waals surface area contributed by atoms with Gasteiger partial charge < -0.3 is 14.6 Å². The van der Waals surface area contributed by atoms with Gasteiger partial charge in [0.05, 0.1) is 12.5 Å². The predicted octanol–water partition coefficient (Wildman–Crippen LogP) is 3.93. The molecule has 0 unspecified atom stereocenters. The van der Waals surface area contributed by atoms with Crippen LogP contribution in [-0.2, 0) is 11.3 Å². The Labute approximate surface area is 166 Å². The van der Waals surface area contributed by atoms with E-state index in [1.165, 1.54) is 6.42 Å². The molecular weight excluding hydrogens is 352 g/mol. The van der Waals surface area contributed by atoms with E-state index in [0.717, 1.165) is 37.2 Å². The summed E-state index contributed by atoms with van der Waals surface area (Å²) in [7, 11) is 0. The van der Waals surface area contributed by atoms with Crippen molar-refractivity contribution in [2.75, 3.05) is 13.1 Å². The molecule has 1 aromatic heterocycles. The van der Waals surface area contributed by atoms with Gasteiger partial charge in [-0.3, -0.25) is 9.59 Å². The fraction of sp³-hybridized carbons (Fsp3) is 0.478. The van der Waals surface area contributed by atoms with Crippen LogP contribution in [0.1, 0.15) is 54.0 Å². The number of carbonyl (C=O) groups excluding carboxylic acids is 2. The van der Waals surface area contributed by atoms with E-state index < -0.39 is 0 Å². The number of hydrogen-bond acceptors (Lipinski definition) is 3. The largest absolute Gasteiger partial charge is 0.465 e. The highest BCUT2D eigenvalue weighted by Gasteiger charge is 2.51. The molecule has 2 aliphatic rings. The molecule has 1 spiro atoms. The third-order valence-corrected chi connectivity index (χ3v) is 6.35. The zero-order valence-corrected chi connectivity index (χ0v) is 16.4. The third kappa shape index (κ3) is 3.71. The van der Waals surface area contributed by atoms with Crippen molar-refractivity contribution < 1.29 is 14.0 Å². The van der Waals surface area contributed by atoms with Crippen LogP contribution in [0.2, 0.25) is 0 Å². The number of furan rings is 1. The highest BCUT2D eigenvalue weighted by atomic mass is 16.3. The van der Waals surface area contributed by atoms with E-state index in [9.17, 15) is 9.59 Å². The lowest BCUT2D eigenvalue weighted by atomic mass is 9.67. The van der Waals surface area contributed by atoms with Gasteiger partial charge in [-0.15, -0.1) is 0 Å². The molecule has 1 aliphatic heterocycles. The van der Waals surface area contributed by atoms with Crippen molar-refractivity contribution in [1.82, 2.24) is 10.2 Å². The monoisotopic (exact) mass is 380 g/mol. The first-order chi connectivity index (χ1) is 13.6. The highest BCUT2D eigenvalue weighted by molar-refractivity contribution is 5.95. The Balaban J connectivity index is 1.50. The van der Waals surface area contributed by atoms with Gasteiger partial charge in [0.15, 0.2) is 0 Å². The van der Waals surface area contributed by atoms with Gasteiger partial charge >= 0.3 is 0 Å². The molecule has 1 N–H and O–H groups in total. The van der Waals surface area contributed by atoms with Crippen LogP contribution < -0.4 is 5.32 Å². The van der Waals surface area contributed by atoms with Crippen LogP contribution in [-0.4, -0.2) is 29.8 Å². The molecule has 5 heteroatoms. The van der Waals surface area contributed by atoms with Gasteiger partial charge in [0, 0.05) is 24.1 Å². The molecular formula is C23H28N2O3. The minimum atomic E-state index is -0.156. The van der Waals surface area contributed by atoms with Gasteiger partial charge in [0.25, 0.3) is 5.91 Å². The lowest BCUT2D eigenvalue weighted by molar-refractivity contribution is -0.128. The molecule has 1 aromatic carbocycles. The number of likely N-dealkylation sites (tertiary alicyclic amines) is 1. The zero-order valence-electron chi connectivity index (χ0n) is 16.4. The molecule has 1 saturated carbocycles. The van der Waals surface area contributed by atoms with Gasteiger partial charge in [-0.1, -0.05) is 37.5 Å². The molecule has 1 atom stereocenters. The Kier molecular flexibility index (Phi) is 5.25. The Morgan fingerprint density at radius 2 is 1.86 bits per heavy atom. The smallest absolute Gasteiger partial charge is 0.253 e. The Morgan fingerprint density at radius 3 is 2.54 bits per heavy atom. The number of carbonyl (C=O) groups is 2. The molecule has 2 heterocycles. The zero-order chi connectivity index (χ0) is 19.6. The molecule has 2 aromatic rings. The normalized spacial score (nSPS) is 21.0. The number of amides is 2. The van der Waals surface area contributed by atoms with Gasteiger partial charge in [-0.05, 0) is 44.0 Å². The van der Waals surface area contributed by atoms with E-state index >= 15 is 0 Å². The summed E-state index contributed by atoms with van der Waals surface area (Å²) in [5.74, 6) is 1.52. The molecule has 2 fully saturated rings. The second kappa shape index (κ2) is 7.82. The van der Waals surface area contributed by atoms with Crippen LogP contribution in [0.3, 0.4) is 0 Å². The Hall–Kier alpha value is -2.56. The van der Waals surface area contributed by atoms with Crippen molar-refractivity contribution >= 4 is 11.8 Å². The van der Waals surface area contributed by atoms with Crippen molar-refractivity contribution in [3.05, 3.63) is 59.5 Å². The van der Waals surface area contributed by atoms with Gasteiger partial charge in [-0.2, -0.15) is 0 Å². The molecule has 1 aliphatic carbocycles. The minimum Gasteiger partial charge on any atom is -0.465 e. The van der Waals surface area contributed by atoms with Crippen LogP contribution in [0.25, 0.3) is 0 Å². The Bertz CT molecular complexity index is 837. The van der Waals surface area contributed by atoms with Gasteiger partial charge in [0.2, 0.25) is 5.91 Å². The van der Waals surface area contributed by atoms with Crippen molar-refractivity contribution in [1.29, 1.82) is 0 Å². The number of aryl methyl sites for hydroxylation is 1. The summed E-state index contributed by atoms with van der Waals surface area (Å²) < 4.78 is 5.57. The molecule has 5 nitrogen and oxygen atoms in total. The van der Waals surface area contributed by atoms with Crippen molar-refractivity contribution in [3.63, 3.8) is 0 Å². The van der Waals surface area contributed by atoms with Gasteiger partial charge in [-0.25, -0.2) is 0 Å². The quantitative estimate of drug-likeness (QED) is 0.874. The number of rotatable bonds is 4. The lowest BCUT2D eigenvalue weighted by Gasteiger charge is -2.37. The maximum absolute atomic E-state index is 13.1. The first kappa shape index (κ1) is 18.8. The van der Waals surface area contributed by atoms with E-state index in [1.807, 2.05) is 54.3 Å². The maximum Gasteiger partial charge on any atom is 0.253 e. The molecule has 28 heavy (non-hydrogen) atoms. The number of hydrogen-bond donors (Lipinski definition) is 1. The Morgan fingerprint density at radius 1 is 1.11 bits per heavy atom. The summed E-state index contributed by atoms with van der Waals surface area (Å²) in [6.07, 6.45) is 5.52. The standard InChI is InChI=1S/C23H28N2O3/c1-17-10-11-19(28-17)14-24-21(26)20-15-25(16-23(20)12-6-3-7-13-23)22(27)18-8-4-2-5-9-18/h2,4-5,8-11,20H,3,6-7,12-16H2,1H3,(H,24,26)/t20-/m0/s1. The molecule has 2 amide bonds. The molecule has 0 bridgehead atoms. The van der Waals surface area contributed by atoms with E-state index in [4.69, 9.17) is 4.42 Å². The van der Waals surface area contributed by atoms with E-state index in [-0.39, 0.29) is 23.1 Å². The summed E-state index contributed by atoms with van der Waals surface area (Å²) in [6.45, 7) is 3.47. The number of nitrogens with one attached hydrogen (secondary N) is 1. The lowest BCUT2D eigenvalue weighted by Crippen LogP contribution is -2.42. The van der Waals surface area contributed by atoms with Crippen LogP contribution in [0.15, 0.2) is 46.9 Å². The minimum absolute atomic E-state index is 0.0301. The summed E-state index contributed by atoms with van der Waals surface area (Å²) >= 11 is 0. The van der Waals surface area contributed by atoms with E-state index in [1.54, 1.807) is 0 Å². The molecule has 0 radical (unpaired) electrons. The summed E-state index contributed by atoms with van der Waals surface area (Å²) in [6, 6.07) is 13.2. The second-order valence-corrected chi connectivity index (χ2v) is 8.26. The van der Waals surface area contributed by atoms with E-state index in [0.29, 0.717) is 25.2 Å². The summed E-state index contributed by atoms with van der Waals surface area (Å²) in [5, 5.41) is 3.05. The van der Waals surface area contributed by atoms with Gasteiger partial charge in [0.1, 0.15) is 11.5 Å². The fourth-order valence-electron chi connectivity index (χ4n) is 4.89. The highest BCUT2D eigenvalue weighted by Crippen LogP contribution is 2.48. The first-order valence-electron chi connectivity index (χ1n) is 10.2. The SMILES string of the molecule is Cc1ccc(CNC(=O)[C@@H]2CN(C(=O)c3ccccc3)CC23CCCCC3)o1. The fourth-order valence-corrected chi connectivity index (χ4v) is 4.89. The molecule has 4 rings (SSSR count). The number of benzene rings is 1. The summed E-state index contributed by atoms with van der Waals surface area (Å²) in [4.78, 5) is 28.0. The molecule has 148 valence electrons. The summed E-state index contributed by atoms with van der Waals surface area (Å²) in [5.41, 5.74) is 0.604. The van der Waals surface area contributed by atoms with Crippen molar-refractivity contribution in [2.45, 2.75) is 45.6 Å². The van der Waals surface area contributed by atoms with Crippen LogP contribution in [0.4, 0.5) is 0 Å². The second-order valence-electron chi connectivity index (χ2n) is 8.26. The average Bonchev–Trinajstić information content (AvgIpc) is 3.30. The third-order valence-electron chi connectivity index (χ3n) is 6.35. The van der Waals surface area contributed by atoms with Crippen LogP contribution >= 0.6 is 0 Å². The van der Waals surface area contributed by atoms with E-state index in [2.05, 4.69) is 5.32 Å². The maximum atomic E-state index is 13.1.